The highest BCUT2D eigenvalue weighted by molar-refractivity contribution is 7.86. The highest BCUT2D eigenvalue weighted by atomic mass is 32.2. The molecule has 38 heavy (non-hydrogen) atoms. The van der Waals surface area contributed by atoms with Crippen LogP contribution in [0.4, 0.5) is 0 Å². The van der Waals surface area contributed by atoms with Crippen molar-refractivity contribution in [1.29, 1.82) is 0 Å². The SMILES string of the molecule is C=Cc1ccc(COCC2=CN(CCCS(=O)(=O)OCCCOc3ccc4ccccc4c3)NN2C)cc1. The van der Waals surface area contributed by atoms with Gasteiger partial charge in [-0.05, 0) is 40.5 Å². The van der Waals surface area contributed by atoms with Crippen molar-refractivity contribution in [3.8, 4) is 5.75 Å². The van der Waals surface area contributed by atoms with Gasteiger partial charge in [0.1, 0.15) is 5.75 Å². The van der Waals surface area contributed by atoms with E-state index in [1.807, 2.05) is 96.1 Å². The summed E-state index contributed by atoms with van der Waals surface area (Å²) >= 11 is 0. The van der Waals surface area contributed by atoms with E-state index in [4.69, 9.17) is 13.7 Å². The first kappa shape index (κ1) is 27.7. The van der Waals surface area contributed by atoms with Crippen LogP contribution in [-0.2, 0) is 25.6 Å². The van der Waals surface area contributed by atoms with E-state index in [0.29, 0.717) is 39.2 Å². The predicted octanol–water partition coefficient (Wildman–Crippen LogP) is 4.71. The Hall–Kier alpha value is -3.37. The van der Waals surface area contributed by atoms with E-state index in [1.165, 1.54) is 0 Å². The third kappa shape index (κ3) is 8.32. The van der Waals surface area contributed by atoms with Gasteiger partial charge in [0.05, 0.1) is 37.9 Å². The maximum Gasteiger partial charge on any atom is 0.267 e. The lowest BCUT2D eigenvalue weighted by atomic mass is 10.1. The molecular weight excluding hydrogens is 502 g/mol. The molecule has 0 amide bonds. The van der Waals surface area contributed by atoms with Crippen LogP contribution in [0.15, 0.2) is 85.2 Å². The molecule has 0 saturated carbocycles. The fourth-order valence-electron chi connectivity index (χ4n) is 3.99. The Kier molecular flexibility index (Phi) is 9.78. The van der Waals surface area contributed by atoms with E-state index in [2.05, 4.69) is 12.1 Å². The van der Waals surface area contributed by atoms with Crippen LogP contribution >= 0.6 is 0 Å². The lowest BCUT2D eigenvalue weighted by Gasteiger charge is -2.20. The number of ether oxygens (including phenoxy) is 2. The first-order chi connectivity index (χ1) is 18.4. The molecule has 202 valence electrons. The average Bonchev–Trinajstić information content (AvgIpc) is 3.27. The average molecular weight is 538 g/mol. The van der Waals surface area contributed by atoms with Crippen molar-refractivity contribution in [2.24, 2.45) is 0 Å². The Balaban J connectivity index is 1.10. The van der Waals surface area contributed by atoms with E-state index >= 15 is 0 Å². The molecule has 1 aliphatic rings. The number of fused-ring (bicyclic) bond motifs is 1. The van der Waals surface area contributed by atoms with Crippen LogP contribution in [0, 0.1) is 0 Å². The van der Waals surface area contributed by atoms with Crippen LogP contribution in [0.1, 0.15) is 24.0 Å². The molecule has 3 aromatic carbocycles. The summed E-state index contributed by atoms with van der Waals surface area (Å²) < 4.78 is 41.3. The third-order valence-electron chi connectivity index (χ3n) is 6.08. The second-order valence-electron chi connectivity index (χ2n) is 9.06. The van der Waals surface area contributed by atoms with Crippen LogP contribution in [0.3, 0.4) is 0 Å². The molecule has 0 bridgehead atoms. The van der Waals surface area contributed by atoms with Gasteiger partial charge in [0.2, 0.25) is 0 Å². The Morgan fingerprint density at radius 2 is 1.74 bits per heavy atom. The van der Waals surface area contributed by atoms with Crippen molar-refractivity contribution < 1.29 is 22.1 Å². The van der Waals surface area contributed by atoms with Gasteiger partial charge in [-0.15, -0.1) is 5.53 Å². The van der Waals surface area contributed by atoms with E-state index in [1.54, 1.807) is 0 Å². The maximum absolute atomic E-state index is 12.3. The molecule has 1 heterocycles. The highest BCUT2D eigenvalue weighted by Gasteiger charge is 2.18. The molecular formula is C29H35N3O5S. The lowest BCUT2D eigenvalue weighted by Crippen LogP contribution is -2.39. The zero-order chi connectivity index (χ0) is 26.8. The van der Waals surface area contributed by atoms with E-state index in [9.17, 15) is 8.42 Å². The van der Waals surface area contributed by atoms with E-state index in [-0.39, 0.29) is 12.4 Å². The second-order valence-corrected chi connectivity index (χ2v) is 10.8. The molecule has 0 radical (unpaired) electrons. The summed E-state index contributed by atoms with van der Waals surface area (Å²) in [5.74, 6) is 0.704. The van der Waals surface area contributed by atoms with E-state index < -0.39 is 10.1 Å². The minimum absolute atomic E-state index is 0.0548. The second kappa shape index (κ2) is 13.4. The molecule has 1 N–H and O–H groups in total. The monoisotopic (exact) mass is 537 g/mol. The van der Waals surface area contributed by atoms with E-state index in [0.717, 1.165) is 33.3 Å². The summed E-state index contributed by atoms with van der Waals surface area (Å²) in [4.78, 5) is 0. The van der Waals surface area contributed by atoms with Gasteiger partial charge < -0.3 is 9.47 Å². The molecule has 0 spiro atoms. The van der Waals surface area contributed by atoms with Crippen LogP contribution < -0.4 is 10.3 Å². The Morgan fingerprint density at radius 1 is 0.947 bits per heavy atom. The molecule has 4 rings (SSSR count). The topological polar surface area (TPSA) is 80.3 Å². The molecule has 0 atom stereocenters. The van der Waals surface area contributed by atoms with Crippen LogP contribution in [0.25, 0.3) is 16.8 Å². The quantitative estimate of drug-likeness (QED) is 0.221. The Bertz CT molecular complexity index is 1340. The first-order valence-corrected chi connectivity index (χ1v) is 14.2. The largest absolute Gasteiger partial charge is 0.493 e. The standard InChI is InChI=1S/C29H35N3O5S/c1-3-24-10-12-25(13-11-24)22-35-23-28-21-32(30-31(28)2)16-6-19-38(33,34)37-18-7-17-36-29-15-14-26-8-4-5-9-27(26)20-29/h3-5,8-15,20-21,30H,1,6-7,16-19,22-23H2,2H3. The van der Waals surface area contributed by atoms with Gasteiger partial charge in [-0.2, -0.15) is 8.42 Å². The fourth-order valence-corrected chi connectivity index (χ4v) is 4.96. The molecule has 0 aromatic heterocycles. The van der Waals surface area contributed by atoms with Gasteiger partial charge in [0.15, 0.2) is 0 Å². The molecule has 1 aliphatic heterocycles. The first-order valence-electron chi connectivity index (χ1n) is 12.7. The van der Waals surface area contributed by atoms with Crippen molar-refractivity contribution in [3.63, 3.8) is 0 Å². The number of likely N-dealkylation sites (N-methyl/N-ethyl adjacent to an activating group) is 1. The van der Waals surface area contributed by atoms with Crippen molar-refractivity contribution in [1.82, 2.24) is 15.6 Å². The summed E-state index contributed by atoms with van der Waals surface area (Å²) in [5, 5.41) is 5.97. The Morgan fingerprint density at radius 3 is 2.53 bits per heavy atom. The van der Waals surface area contributed by atoms with Gasteiger partial charge in [-0.3, -0.25) is 14.2 Å². The summed E-state index contributed by atoms with van der Waals surface area (Å²) in [6.07, 6.45) is 4.65. The fraction of sp³-hybridized carbons (Fsp3) is 0.310. The van der Waals surface area contributed by atoms with Gasteiger partial charge in [0.25, 0.3) is 10.1 Å². The minimum atomic E-state index is -3.60. The van der Waals surface area contributed by atoms with Crippen molar-refractivity contribution in [3.05, 3.63) is 96.3 Å². The lowest BCUT2D eigenvalue weighted by molar-refractivity contribution is 0.104. The predicted molar refractivity (Wildman–Crippen MR) is 150 cm³/mol. The Labute approximate surface area is 225 Å². The van der Waals surface area contributed by atoms with Crippen LogP contribution in [0.5, 0.6) is 5.75 Å². The highest BCUT2D eigenvalue weighted by Crippen LogP contribution is 2.20. The third-order valence-corrected chi connectivity index (χ3v) is 7.40. The minimum Gasteiger partial charge on any atom is -0.493 e. The van der Waals surface area contributed by atoms with Gasteiger partial charge >= 0.3 is 0 Å². The number of benzene rings is 3. The number of nitrogens with one attached hydrogen (secondary N) is 1. The van der Waals surface area contributed by atoms with Crippen LogP contribution in [-0.4, -0.2) is 57.6 Å². The smallest absolute Gasteiger partial charge is 0.267 e. The molecule has 9 heteroatoms. The zero-order valence-corrected chi connectivity index (χ0v) is 22.5. The summed E-state index contributed by atoms with van der Waals surface area (Å²) in [7, 11) is -1.70. The molecule has 0 aliphatic carbocycles. The molecule has 3 aromatic rings. The van der Waals surface area contributed by atoms with Crippen molar-refractivity contribution >= 4 is 27.0 Å². The number of rotatable bonds is 15. The maximum atomic E-state index is 12.3. The van der Waals surface area contributed by atoms with Crippen molar-refractivity contribution in [2.45, 2.75) is 19.4 Å². The molecule has 0 unspecified atom stereocenters. The summed E-state index contributed by atoms with van der Waals surface area (Å²) in [6.45, 7) is 5.70. The van der Waals surface area contributed by atoms with Crippen LogP contribution in [0.2, 0.25) is 0 Å². The summed E-state index contributed by atoms with van der Waals surface area (Å²) in [5.41, 5.74) is 6.29. The van der Waals surface area contributed by atoms with Gasteiger partial charge in [0, 0.05) is 26.2 Å². The molecule has 0 saturated heterocycles. The number of hydrogen-bond donors (Lipinski definition) is 1. The van der Waals surface area contributed by atoms with Crippen molar-refractivity contribution in [2.75, 3.05) is 39.2 Å². The van der Waals surface area contributed by atoms with Gasteiger partial charge in [-0.1, -0.05) is 67.3 Å². The number of nitrogens with zero attached hydrogens (tertiary/aromatic N) is 2. The number of hydrazine groups is 2. The summed E-state index contributed by atoms with van der Waals surface area (Å²) in [6, 6.07) is 22.0. The zero-order valence-electron chi connectivity index (χ0n) is 21.7. The normalized spacial score (nSPS) is 13.7. The molecule has 8 nitrogen and oxygen atoms in total. The molecule has 0 fully saturated rings. The number of hydrogen-bond acceptors (Lipinski definition) is 8. The van der Waals surface area contributed by atoms with Gasteiger partial charge in [-0.25, -0.2) is 0 Å².